The van der Waals surface area contributed by atoms with Gasteiger partial charge in [0, 0.05) is 11.6 Å². The molecule has 3 rings (SSSR count). The van der Waals surface area contributed by atoms with Gasteiger partial charge in [0.05, 0.1) is 11.1 Å². The lowest BCUT2D eigenvalue weighted by Crippen LogP contribution is -2.05. The number of phenolic OH excluding ortho intramolecular Hbond substituents is 1. The van der Waals surface area contributed by atoms with Crippen LogP contribution < -0.4 is 0 Å². The molecule has 0 heterocycles. The third-order valence-electron chi connectivity index (χ3n) is 5.30. The van der Waals surface area contributed by atoms with Crippen LogP contribution in [0, 0.1) is 11.6 Å². The van der Waals surface area contributed by atoms with Gasteiger partial charge in [0.15, 0.2) is 0 Å². The van der Waals surface area contributed by atoms with Crippen molar-refractivity contribution in [2.24, 2.45) is 0 Å². The van der Waals surface area contributed by atoms with E-state index in [2.05, 4.69) is 6.92 Å². The number of benzene rings is 3. The molecule has 6 heteroatoms. The Morgan fingerprint density at radius 2 is 1.39 bits per heavy atom. The summed E-state index contributed by atoms with van der Waals surface area (Å²) in [7, 11) is 0. The first kappa shape index (κ1) is 22.8. The summed E-state index contributed by atoms with van der Waals surface area (Å²) >= 11 is 0. The maximum atomic E-state index is 15.2. The van der Waals surface area contributed by atoms with E-state index < -0.39 is 29.1 Å². The molecule has 0 aliphatic heterocycles. The molecule has 0 aromatic heterocycles. The smallest absolute Gasteiger partial charge is 0.416 e. The van der Waals surface area contributed by atoms with E-state index in [1.165, 1.54) is 12.1 Å². The molecule has 164 valence electrons. The van der Waals surface area contributed by atoms with Crippen molar-refractivity contribution in [2.45, 2.75) is 45.2 Å². The van der Waals surface area contributed by atoms with Crippen LogP contribution in [0.1, 0.15) is 42.0 Å². The lowest BCUT2D eigenvalue weighted by Gasteiger charge is -2.13. The van der Waals surface area contributed by atoms with Crippen molar-refractivity contribution in [1.29, 1.82) is 0 Å². The van der Waals surface area contributed by atoms with Crippen LogP contribution >= 0.6 is 0 Å². The number of aromatic hydroxyl groups is 1. The van der Waals surface area contributed by atoms with Crippen LogP contribution in [0.3, 0.4) is 0 Å². The molecule has 0 saturated carbocycles. The second-order valence-corrected chi connectivity index (χ2v) is 7.54. The fourth-order valence-electron chi connectivity index (χ4n) is 3.50. The first-order valence-corrected chi connectivity index (χ1v) is 10.2. The number of rotatable bonds is 7. The lowest BCUT2D eigenvalue weighted by molar-refractivity contribution is -0.137. The Balaban J connectivity index is 1.83. The second-order valence-electron chi connectivity index (χ2n) is 7.54. The highest BCUT2D eigenvalue weighted by Gasteiger charge is 2.30. The summed E-state index contributed by atoms with van der Waals surface area (Å²) in [6, 6.07) is 12.5. The molecule has 0 fully saturated rings. The van der Waals surface area contributed by atoms with Gasteiger partial charge in [0.2, 0.25) is 0 Å². The van der Waals surface area contributed by atoms with Gasteiger partial charge in [0.1, 0.15) is 17.4 Å². The zero-order valence-electron chi connectivity index (χ0n) is 17.1. The number of alkyl halides is 3. The van der Waals surface area contributed by atoms with Crippen molar-refractivity contribution in [1.82, 2.24) is 0 Å². The molecule has 0 spiro atoms. The largest absolute Gasteiger partial charge is 0.507 e. The molecule has 0 radical (unpaired) electrons. The zero-order valence-corrected chi connectivity index (χ0v) is 17.1. The quantitative estimate of drug-likeness (QED) is 0.382. The number of hydrogen-bond acceptors (Lipinski definition) is 1. The van der Waals surface area contributed by atoms with E-state index in [-0.39, 0.29) is 24.0 Å². The van der Waals surface area contributed by atoms with Gasteiger partial charge in [-0.3, -0.25) is 0 Å². The normalized spacial score (nSPS) is 11.7. The minimum Gasteiger partial charge on any atom is -0.507 e. The maximum Gasteiger partial charge on any atom is 0.416 e. The highest BCUT2D eigenvalue weighted by Crippen LogP contribution is 2.36. The van der Waals surface area contributed by atoms with Crippen molar-refractivity contribution >= 4 is 0 Å². The molecule has 0 bridgehead atoms. The molecule has 1 N–H and O–H groups in total. The molecule has 31 heavy (non-hydrogen) atoms. The van der Waals surface area contributed by atoms with Crippen LogP contribution in [0.25, 0.3) is 11.1 Å². The van der Waals surface area contributed by atoms with E-state index in [0.717, 1.165) is 43.0 Å². The molecule has 1 nitrogen and oxygen atoms in total. The zero-order chi connectivity index (χ0) is 22.6. The van der Waals surface area contributed by atoms with E-state index in [4.69, 9.17) is 0 Å². The Morgan fingerprint density at radius 1 is 0.806 bits per heavy atom. The van der Waals surface area contributed by atoms with Gasteiger partial charge in [-0.2, -0.15) is 13.2 Å². The van der Waals surface area contributed by atoms with Crippen LogP contribution in [0.4, 0.5) is 22.0 Å². The number of hydrogen-bond donors (Lipinski definition) is 1. The Morgan fingerprint density at radius 3 is 1.97 bits per heavy atom. The van der Waals surface area contributed by atoms with Crippen molar-refractivity contribution in [3.05, 3.63) is 88.5 Å². The Kier molecular flexibility index (Phi) is 6.98. The molecular weight excluding hydrogens is 411 g/mol. The van der Waals surface area contributed by atoms with Gasteiger partial charge in [-0.25, -0.2) is 8.78 Å². The summed E-state index contributed by atoms with van der Waals surface area (Å²) in [6.07, 6.45) is -1.35. The van der Waals surface area contributed by atoms with Crippen molar-refractivity contribution < 1.29 is 27.1 Å². The molecule has 3 aromatic rings. The van der Waals surface area contributed by atoms with Gasteiger partial charge >= 0.3 is 6.18 Å². The van der Waals surface area contributed by atoms with Crippen LogP contribution in [-0.4, -0.2) is 5.11 Å². The van der Waals surface area contributed by atoms with E-state index in [1.807, 2.05) is 12.1 Å². The van der Waals surface area contributed by atoms with Gasteiger partial charge in [-0.15, -0.1) is 0 Å². The summed E-state index contributed by atoms with van der Waals surface area (Å²) in [5, 5.41) is 10.2. The van der Waals surface area contributed by atoms with Crippen molar-refractivity contribution in [3.63, 3.8) is 0 Å². The SMILES string of the molecule is CCCCc1ccc(-c2c(O)cc(F)c(CCc3ccc(C(F)(F)F)cc3)c2F)cc1. The minimum atomic E-state index is -4.44. The molecule has 0 unspecified atom stereocenters. The summed E-state index contributed by atoms with van der Waals surface area (Å²) in [5.41, 5.74) is 0.999. The van der Waals surface area contributed by atoms with Crippen LogP contribution in [0.5, 0.6) is 5.75 Å². The topological polar surface area (TPSA) is 20.2 Å². The summed E-state index contributed by atoms with van der Waals surface area (Å²) in [5.74, 6) is -2.23. The van der Waals surface area contributed by atoms with Gasteiger partial charge < -0.3 is 5.11 Å². The highest BCUT2D eigenvalue weighted by molar-refractivity contribution is 5.72. The Hall–Kier alpha value is -2.89. The third kappa shape index (κ3) is 5.43. The first-order chi connectivity index (χ1) is 14.7. The molecule has 3 aromatic carbocycles. The number of aryl methyl sites for hydroxylation is 2. The lowest BCUT2D eigenvalue weighted by atomic mass is 9.95. The van der Waals surface area contributed by atoms with E-state index >= 15 is 4.39 Å². The van der Waals surface area contributed by atoms with Crippen molar-refractivity contribution in [2.75, 3.05) is 0 Å². The predicted molar refractivity (Wildman–Crippen MR) is 111 cm³/mol. The summed E-state index contributed by atoms with van der Waals surface area (Å²) in [4.78, 5) is 0. The molecule has 0 aliphatic carbocycles. The molecule has 0 saturated heterocycles. The standard InChI is InChI=1S/C25H23F5O/c1-2-3-4-16-5-10-18(11-6-16)23-22(31)15-21(26)20(24(23)27)14-9-17-7-12-19(13-8-17)25(28,29)30/h5-8,10-13,15,31H,2-4,9,14H2,1H3. The Labute approximate surface area is 178 Å². The summed E-state index contributed by atoms with van der Waals surface area (Å²) in [6.45, 7) is 2.09. The number of unbranched alkanes of at least 4 members (excludes halogenated alkanes) is 1. The van der Waals surface area contributed by atoms with Crippen LogP contribution in [-0.2, 0) is 25.4 Å². The van der Waals surface area contributed by atoms with Gasteiger partial charge in [-0.1, -0.05) is 49.7 Å². The van der Waals surface area contributed by atoms with Crippen molar-refractivity contribution in [3.8, 4) is 16.9 Å². The van der Waals surface area contributed by atoms with Crippen LogP contribution in [0.2, 0.25) is 0 Å². The van der Waals surface area contributed by atoms with Crippen LogP contribution in [0.15, 0.2) is 54.6 Å². The number of phenols is 1. The average Bonchev–Trinajstić information content (AvgIpc) is 2.72. The van der Waals surface area contributed by atoms with E-state index in [9.17, 15) is 22.7 Å². The fraction of sp³-hybridized carbons (Fsp3) is 0.280. The van der Waals surface area contributed by atoms with Gasteiger partial charge in [-0.05, 0) is 54.5 Å². The first-order valence-electron chi connectivity index (χ1n) is 10.2. The second kappa shape index (κ2) is 9.50. The molecule has 0 aliphatic rings. The number of halogens is 5. The molecule has 0 atom stereocenters. The van der Waals surface area contributed by atoms with E-state index in [0.29, 0.717) is 11.1 Å². The van der Waals surface area contributed by atoms with E-state index in [1.54, 1.807) is 12.1 Å². The van der Waals surface area contributed by atoms with Gasteiger partial charge in [0.25, 0.3) is 0 Å². The Bertz CT molecular complexity index is 1020. The monoisotopic (exact) mass is 434 g/mol. The maximum absolute atomic E-state index is 15.2. The summed E-state index contributed by atoms with van der Waals surface area (Å²) < 4.78 is 67.6. The third-order valence-corrected chi connectivity index (χ3v) is 5.30. The average molecular weight is 434 g/mol. The molecular formula is C25H23F5O. The predicted octanol–water partition coefficient (Wildman–Crippen LogP) is 7.48. The fourth-order valence-corrected chi connectivity index (χ4v) is 3.50. The molecule has 0 amide bonds. The highest BCUT2D eigenvalue weighted by atomic mass is 19.4. The minimum absolute atomic E-state index is 0.0507.